The molecule has 0 saturated heterocycles. The lowest BCUT2D eigenvalue weighted by atomic mass is 10.2. The van der Waals surface area contributed by atoms with E-state index in [1.807, 2.05) is 13.8 Å². The average Bonchev–Trinajstić information content (AvgIpc) is 3.03. The summed E-state index contributed by atoms with van der Waals surface area (Å²) in [6.45, 7) is 6.05. The number of benzene rings is 1. The highest BCUT2D eigenvalue weighted by Crippen LogP contribution is 2.28. The summed E-state index contributed by atoms with van der Waals surface area (Å²) in [5.74, 6) is -0.837. The molecule has 0 aliphatic carbocycles. The predicted octanol–water partition coefficient (Wildman–Crippen LogP) is 3.87. The van der Waals surface area contributed by atoms with Crippen molar-refractivity contribution in [3.05, 3.63) is 47.1 Å². The Morgan fingerprint density at radius 1 is 1.12 bits per heavy atom. The highest BCUT2D eigenvalue weighted by molar-refractivity contribution is 7.17. The summed E-state index contributed by atoms with van der Waals surface area (Å²) in [6, 6.07) is 9.46. The van der Waals surface area contributed by atoms with E-state index in [-0.39, 0.29) is 11.7 Å². The van der Waals surface area contributed by atoms with E-state index in [9.17, 15) is 14.0 Å². The van der Waals surface area contributed by atoms with Gasteiger partial charge in [-0.3, -0.25) is 4.79 Å². The van der Waals surface area contributed by atoms with Gasteiger partial charge in [0.1, 0.15) is 10.7 Å². The number of ether oxygens (including phenoxy) is 1. The minimum absolute atomic E-state index is 0.309. The topological polar surface area (TPSA) is 55.4 Å². The van der Waals surface area contributed by atoms with Gasteiger partial charge in [-0.2, -0.15) is 0 Å². The van der Waals surface area contributed by atoms with Crippen LogP contribution in [0.15, 0.2) is 36.4 Å². The first-order valence-electron chi connectivity index (χ1n) is 7.71. The molecule has 4 nitrogen and oxygen atoms in total. The van der Waals surface area contributed by atoms with Crippen molar-refractivity contribution in [1.29, 1.82) is 0 Å². The Morgan fingerprint density at radius 2 is 1.79 bits per heavy atom. The fourth-order valence-corrected chi connectivity index (χ4v) is 2.83. The van der Waals surface area contributed by atoms with Crippen molar-refractivity contribution in [2.24, 2.45) is 5.92 Å². The van der Waals surface area contributed by atoms with Crippen LogP contribution in [0.2, 0.25) is 0 Å². The smallest absolute Gasteiger partial charge is 0.349 e. The van der Waals surface area contributed by atoms with Crippen molar-refractivity contribution in [2.75, 3.05) is 6.54 Å². The van der Waals surface area contributed by atoms with Gasteiger partial charge in [0.15, 0.2) is 6.10 Å². The molecule has 1 atom stereocenters. The molecule has 1 amide bonds. The molecule has 1 N–H and O–H groups in total. The molecule has 0 saturated carbocycles. The van der Waals surface area contributed by atoms with Crippen LogP contribution in [0.4, 0.5) is 4.39 Å². The minimum Gasteiger partial charge on any atom is -0.448 e. The van der Waals surface area contributed by atoms with Gasteiger partial charge in [-0.25, -0.2) is 9.18 Å². The SMILES string of the molecule is CC(C)CNC(=O)[C@H](C)OC(=O)c1ccc(-c2ccc(F)cc2)s1. The van der Waals surface area contributed by atoms with Crippen molar-refractivity contribution in [2.45, 2.75) is 26.9 Å². The summed E-state index contributed by atoms with van der Waals surface area (Å²) in [7, 11) is 0. The van der Waals surface area contributed by atoms with Crippen molar-refractivity contribution in [3.63, 3.8) is 0 Å². The molecule has 128 valence electrons. The maximum Gasteiger partial charge on any atom is 0.349 e. The van der Waals surface area contributed by atoms with Crippen LogP contribution in [0, 0.1) is 11.7 Å². The molecular weight excluding hydrogens is 329 g/mol. The van der Waals surface area contributed by atoms with Crippen LogP contribution in [0.3, 0.4) is 0 Å². The van der Waals surface area contributed by atoms with E-state index < -0.39 is 12.1 Å². The van der Waals surface area contributed by atoms with Crippen LogP contribution in [-0.2, 0) is 9.53 Å². The molecule has 1 aromatic carbocycles. The summed E-state index contributed by atoms with van der Waals surface area (Å²) in [6.07, 6.45) is -0.854. The Morgan fingerprint density at radius 3 is 2.42 bits per heavy atom. The first-order chi connectivity index (χ1) is 11.4. The fourth-order valence-electron chi connectivity index (χ4n) is 1.94. The average molecular weight is 349 g/mol. The number of carbonyl (C=O) groups is 2. The predicted molar refractivity (Wildman–Crippen MR) is 92.4 cm³/mol. The number of thiophene rings is 1. The Hall–Kier alpha value is -2.21. The van der Waals surface area contributed by atoms with Gasteiger partial charge < -0.3 is 10.1 Å². The van der Waals surface area contributed by atoms with Crippen LogP contribution >= 0.6 is 11.3 Å². The zero-order valence-corrected chi connectivity index (χ0v) is 14.7. The monoisotopic (exact) mass is 349 g/mol. The Balaban J connectivity index is 1.98. The lowest BCUT2D eigenvalue weighted by Gasteiger charge is -2.14. The van der Waals surface area contributed by atoms with Crippen molar-refractivity contribution in [1.82, 2.24) is 5.32 Å². The molecule has 0 radical (unpaired) electrons. The molecule has 0 aliphatic rings. The third kappa shape index (κ3) is 4.89. The van der Waals surface area contributed by atoms with E-state index in [4.69, 9.17) is 4.74 Å². The zero-order valence-electron chi connectivity index (χ0n) is 13.8. The largest absolute Gasteiger partial charge is 0.448 e. The van der Waals surface area contributed by atoms with Gasteiger partial charge in [-0.1, -0.05) is 26.0 Å². The second-order valence-corrected chi connectivity index (χ2v) is 6.94. The maximum atomic E-state index is 13.0. The Bertz CT molecular complexity index is 709. The van der Waals surface area contributed by atoms with E-state index >= 15 is 0 Å². The number of nitrogens with one attached hydrogen (secondary N) is 1. The zero-order chi connectivity index (χ0) is 17.7. The van der Waals surface area contributed by atoms with Crippen LogP contribution < -0.4 is 5.32 Å². The van der Waals surface area contributed by atoms with Crippen LogP contribution in [-0.4, -0.2) is 24.5 Å². The van der Waals surface area contributed by atoms with E-state index in [1.165, 1.54) is 23.5 Å². The molecule has 24 heavy (non-hydrogen) atoms. The highest BCUT2D eigenvalue weighted by atomic mass is 32.1. The van der Waals surface area contributed by atoms with Gasteiger partial charge in [-0.15, -0.1) is 11.3 Å². The summed E-state index contributed by atoms with van der Waals surface area (Å²) in [4.78, 5) is 25.2. The van der Waals surface area contributed by atoms with Crippen LogP contribution in [0.1, 0.15) is 30.4 Å². The summed E-state index contributed by atoms with van der Waals surface area (Å²) >= 11 is 1.24. The highest BCUT2D eigenvalue weighted by Gasteiger charge is 2.20. The molecule has 2 rings (SSSR count). The second-order valence-electron chi connectivity index (χ2n) is 5.86. The molecule has 6 heteroatoms. The summed E-state index contributed by atoms with van der Waals surface area (Å²) < 4.78 is 18.2. The molecule has 0 unspecified atom stereocenters. The Kier molecular flexibility index (Phi) is 6.09. The van der Waals surface area contributed by atoms with E-state index in [2.05, 4.69) is 5.32 Å². The van der Waals surface area contributed by atoms with Gasteiger partial charge in [0, 0.05) is 11.4 Å². The Labute approximate surface area is 144 Å². The quantitative estimate of drug-likeness (QED) is 0.806. The molecule has 2 aromatic rings. The van der Waals surface area contributed by atoms with E-state index in [0.717, 1.165) is 10.4 Å². The van der Waals surface area contributed by atoms with Gasteiger partial charge in [0.2, 0.25) is 0 Å². The number of rotatable bonds is 6. The van der Waals surface area contributed by atoms with Gasteiger partial charge in [0.05, 0.1) is 0 Å². The first kappa shape index (κ1) is 18.1. The number of amides is 1. The second kappa shape index (κ2) is 8.06. The first-order valence-corrected chi connectivity index (χ1v) is 8.53. The lowest BCUT2D eigenvalue weighted by molar-refractivity contribution is -0.129. The number of halogens is 1. The molecule has 1 heterocycles. The van der Waals surface area contributed by atoms with Gasteiger partial charge in [0.25, 0.3) is 5.91 Å². The third-order valence-corrected chi connectivity index (χ3v) is 4.39. The number of hydrogen-bond donors (Lipinski definition) is 1. The molecule has 0 bridgehead atoms. The van der Waals surface area contributed by atoms with Crippen LogP contribution in [0.25, 0.3) is 10.4 Å². The standard InChI is InChI=1S/C18H20FNO3S/c1-11(2)10-20-17(21)12(3)23-18(22)16-9-8-15(24-16)13-4-6-14(19)7-5-13/h4-9,11-12H,10H2,1-3H3,(H,20,21)/t12-/m0/s1. The lowest BCUT2D eigenvalue weighted by Crippen LogP contribution is -2.37. The molecule has 0 fully saturated rings. The summed E-state index contributed by atoms with van der Waals surface area (Å²) in [5, 5.41) is 2.73. The molecular formula is C18H20FNO3S. The van der Waals surface area contributed by atoms with E-state index in [0.29, 0.717) is 17.3 Å². The van der Waals surface area contributed by atoms with Crippen molar-refractivity contribution < 1.29 is 18.7 Å². The maximum absolute atomic E-state index is 13.0. The minimum atomic E-state index is -0.854. The van der Waals surface area contributed by atoms with E-state index in [1.54, 1.807) is 31.2 Å². The third-order valence-electron chi connectivity index (χ3n) is 3.27. The van der Waals surface area contributed by atoms with Crippen molar-refractivity contribution in [3.8, 4) is 10.4 Å². The number of carbonyl (C=O) groups excluding carboxylic acids is 2. The normalized spacial score (nSPS) is 12.0. The van der Waals surface area contributed by atoms with Gasteiger partial charge >= 0.3 is 5.97 Å². The fraction of sp³-hybridized carbons (Fsp3) is 0.333. The summed E-state index contributed by atoms with van der Waals surface area (Å²) in [5.41, 5.74) is 0.822. The number of hydrogen-bond acceptors (Lipinski definition) is 4. The van der Waals surface area contributed by atoms with Crippen molar-refractivity contribution >= 4 is 23.2 Å². The molecule has 1 aromatic heterocycles. The number of esters is 1. The van der Waals surface area contributed by atoms with Crippen LogP contribution in [0.5, 0.6) is 0 Å². The van der Waals surface area contributed by atoms with Gasteiger partial charge in [-0.05, 0) is 42.7 Å². The molecule has 0 spiro atoms. The molecule has 0 aliphatic heterocycles.